The molecule has 0 rings (SSSR count). The van der Waals surface area contributed by atoms with Crippen LogP contribution in [0.15, 0.2) is 49.6 Å². The first kappa shape index (κ1) is 116. The van der Waals surface area contributed by atoms with E-state index in [0.29, 0.717) is 25.7 Å². The molecule has 6 atom stereocenters. The monoisotopic (exact) mass is 1740 g/mol. The number of urea groups is 1. The topological polar surface area (TPSA) is 241 Å². The van der Waals surface area contributed by atoms with E-state index in [2.05, 4.69) is 76.0 Å². The molecular weight excluding hydrogens is 1550 g/mol. The summed E-state index contributed by atoms with van der Waals surface area (Å²) in [6, 6.07) is -2.58. The summed E-state index contributed by atoms with van der Waals surface area (Å²) in [4.78, 5) is 69.0. The average Bonchev–Trinajstić information content (AvgIpc) is 0.868. The van der Waals surface area contributed by atoms with Gasteiger partial charge in [0.1, 0.15) is 12.2 Å². The molecule has 0 aromatic carbocycles. The van der Waals surface area contributed by atoms with E-state index in [-0.39, 0.29) is 89.0 Å². The van der Waals surface area contributed by atoms with Crippen LogP contribution in [0.3, 0.4) is 0 Å². The fourth-order valence-electron chi connectivity index (χ4n) is 14.9. The van der Waals surface area contributed by atoms with E-state index in [9.17, 15) is 33.1 Å². The summed E-state index contributed by atoms with van der Waals surface area (Å²) in [6.07, 6.45) is 82.8. The van der Waals surface area contributed by atoms with E-state index in [1.165, 1.54) is 269 Å². The molecule has 0 bridgehead atoms. The summed E-state index contributed by atoms with van der Waals surface area (Å²) < 4.78 is 76.9. The van der Waals surface area contributed by atoms with Crippen molar-refractivity contribution >= 4 is 45.4 Å². The van der Waals surface area contributed by atoms with Gasteiger partial charge in [0, 0.05) is 38.8 Å². The van der Waals surface area contributed by atoms with Crippen LogP contribution in [-0.2, 0) is 64.9 Å². The molecule has 0 radical (unpaired) electrons. The van der Waals surface area contributed by atoms with Crippen LogP contribution < -0.4 is 21.3 Å². The third-order valence-electron chi connectivity index (χ3n) is 22.4. The molecule has 0 heterocycles. The molecule has 4 N–H and O–H groups in total. The molecule has 120 heavy (non-hydrogen) atoms. The largest absolute Gasteiger partial charge is 0.475 e. The highest BCUT2D eigenvalue weighted by Gasteiger charge is 2.35. The molecule has 0 saturated carbocycles. The Kier molecular flexibility index (Phi) is 87.4. The second-order valence-electron chi connectivity index (χ2n) is 34.0. The van der Waals surface area contributed by atoms with Gasteiger partial charge in [0.2, 0.25) is 11.8 Å². The van der Waals surface area contributed by atoms with Crippen LogP contribution in [0, 0.1) is 0 Å². The Morgan fingerprint density at radius 3 is 0.758 bits per heavy atom. The summed E-state index contributed by atoms with van der Waals surface area (Å²) in [5.41, 5.74) is 0. The number of rotatable bonds is 96. The Morgan fingerprint density at radius 1 is 0.292 bits per heavy atom. The molecule has 0 spiro atoms. The zero-order valence-electron chi connectivity index (χ0n) is 78.4. The minimum Gasteiger partial charge on any atom is -0.456 e. The number of phosphoric ester groups is 2. The summed E-state index contributed by atoms with van der Waals surface area (Å²) in [7, 11) is -8.89. The third kappa shape index (κ3) is 79.0. The second-order valence-corrected chi connectivity index (χ2v) is 37.3. The van der Waals surface area contributed by atoms with Gasteiger partial charge in [0.05, 0.1) is 51.7 Å². The lowest BCUT2D eigenvalue weighted by Gasteiger charge is -2.27. The van der Waals surface area contributed by atoms with Crippen molar-refractivity contribution in [2.75, 3.05) is 52.7 Å². The number of carbonyl (C=O) groups excluding carboxylic acids is 5. The fourth-order valence-corrected chi connectivity index (χ4v) is 17.2. The smallest absolute Gasteiger partial charge is 0.456 e. The zero-order chi connectivity index (χ0) is 87.7. The Bertz CT molecular complexity index is 2340. The number of nitrogens with one attached hydrogen (secondary N) is 4. The average molecular weight is 1740 g/mol. The van der Waals surface area contributed by atoms with Crippen LogP contribution in [-0.4, -0.2) is 107 Å². The molecule has 0 saturated heterocycles. The number of unbranched alkanes of at least 4 members (excludes halogenated alkanes) is 58. The van der Waals surface area contributed by atoms with E-state index in [4.69, 9.17) is 36.6 Å². The molecule has 0 aliphatic heterocycles. The first-order valence-corrected chi connectivity index (χ1v) is 53.2. The highest BCUT2D eigenvalue weighted by molar-refractivity contribution is 7.48. The van der Waals surface area contributed by atoms with Crippen molar-refractivity contribution in [1.82, 2.24) is 21.3 Å². The van der Waals surface area contributed by atoms with E-state index >= 15 is 0 Å². The number of amides is 4. The van der Waals surface area contributed by atoms with Crippen molar-refractivity contribution in [3.63, 3.8) is 0 Å². The molecule has 19 nitrogen and oxygen atoms in total. The normalized spacial score (nSPS) is 13.7. The van der Waals surface area contributed by atoms with E-state index in [1.807, 2.05) is 24.3 Å². The summed E-state index contributed by atoms with van der Waals surface area (Å²) in [5, 5.41) is 11.6. The molecule has 21 heteroatoms. The van der Waals surface area contributed by atoms with Gasteiger partial charge in [0.25, 0.3) is 0 Å². The lowest BCUT2D eigenvalue weighted by Crippen LogP contribution is -2.47. The van der Waals surface area contributed by atoms with Crippen molar-refractivity contribution < 1.29 is 69.7 Å². The first-order chi connectivity index (χ1) is 58.7. The Labute approximate surface area is 737 Å². The molecule has 0 aromatic heterocycles. The van der Waals surface area contributed by atoms with Gasteiger partial charge in [-0.3, -0.25) is 46.3 Å². The number of hydrogen-bond acceptors (Lipinski definition) is 15. The van der Waals surface area contributed by atoms with Crippen molar-refractivity contribution in [2.24, 2.45) is 0 Å². The lowest BCUT2D eigenvalue weighted by atomic mass is 10.0. The van der Waals surface area contributed by atoms with Gasteiger partial charge in [-0.2, -0.15) is 0 Å². The maximum Gasteiger partial charge on any atom is 0.475 e. The standard InChI is InChI=1S/C99H188N4O15P2/c1-9-17-23-29-35-41-45-47-51-55-59-65-71-77-93(117-97(106)81-75-69-63-53-39-33-27-21-13-5)91(102-95(104)79-73-67-61-57-49-43-37-31-25-19-11-3)89-115-119(109,111-85-15-7)113-87-83-100-99(108)101-84-88-114-120(110,112-86-16-8)116-90-92(103-96(105)80-74-68-62-58-50-44-38-32-26-20-12-4)94(118-98(107)82-76-70-64-54-40-34-28-22-14-6)78-72-66-60-56-52-48-46-42-36-30-24-18-10-2/h15-16,71-72,77-78,91-94H,7-14,17-70,73-76,79-90H2,1-6H3,(H,102,104)(H,103,105)(H2,100,101,108)/t91-,92-,93+,94+,119?,120?/m0/s1. The van der Waals surface area contributed by atoms with E-state index < -0.39 is 59.2 Å². The minimum absolute atomic E-state index is 0.160. The van der Waals surface area contributed by atoms with Crippen LogP contribution in [0.25, 0.3) is 0 Å². The predicted octanol–water partition coefficient (Wildman–Crippen LogP) is 29.5. The predicted molar refractivity (Wildman–Crippen MR) is 503 cm³/mol. The maximum absolute atomic E-state index is 14.6. The number of ether oxygens (including phenoxy) is 2. The van der Waals surface area contributed by atoms with Gasteiger partial charge >= 0.3 is 33.6 Å². The van der Waals surface area contributed by atoms with Crippen molar-refractivity contribution in [2.45, 2.75) is 502 Å². The fraction of sp³-hybridized carbons (Fsp3) is 0.869. The number of hydrogen-bond donors (Lipinski definition) is 4. The number of phosphoric acid groups is 2. The highest BCUT2D eigenvalue weighted by Crippen LogP contribution is 2.50. The SMILES string of the molecule is C=CCOP(=O)(OCCNC(=O)NCCOP(=O)(OCC=C)OC[C@H](NC(=O)CCCCCCCCCCCCC)[C@@H](C=CCCCCCCCCCCCCC)OC(=O)CCCCCCCCCCC)OC[C@H](NC(=O)CCCCCCCCCCCCC)[C@@H](C=CCCCCCCCCCCCCC)OC(=O)CCCCCCCCCCC. The van der Waals surface area contributed by atoms with E-state index in [0.717, 1.165) is 128 Å². The second kappa shape index (κ2) is 90.1. The molecule has 0 aliphatic rings. The van der Waals surface area contributed by atoms with Crippen LogP contribution >= 0.6 is 15.6 Å². The third-order valence-corrected chi connectivity index (χ3v) is 25.3. The highest BCUT2D eigenvalue weighted by atomic mass is 31.2. The van der Waals surface area contributed by atoms with Gasteiger partial charge in [0.15, 0.2) is 0 Å². The van der Waals surface area contributed by atoms with Crippen molar-refractivity contribution in [3.8, 4) is 0 Å². The summed E-state index contributed by atoms with van der Waals surface area (Å²) in [6.45, 7) is 18.7. The number of esters is 2. The number of carbonyl (C=O) groups is 5. The quantitative estimate of drug-likeness (QED) is 0.0192. The van der Waals surface area contributed by atoms with Gasteiger partial charge in [-0.25, -0.2) is 13.9 Å². The van der Waals surface area contributed by atoms with Gasteiger partial charge < -0.3 is 30.7 Å². The summed E-state index contributed by atoms with van der Waals surface area (Å²) >= 11 is 0. The van der Waals surface area contributed by atoms with Crippen LogP contribution in [0.4, 0.5) is 4.79 Å². The Hall–Kier alpha value is -3.67. The molecular formula is C99H188N4O15P2. The minimum atomic E-state index is -4.44. The first-order valence-electron chi connectivity index (χ1n) is 50.3. The number of allylic oxidation sites excluding steroid dienone is 2. The van der Waals surface area contributed by atoms with Gasteiger partial charge in [-0.1, -0.05) is 425 Å². The van der Waals surface area contributed by atoms with Gasteiger partial charge in [-0.15, -0.1) is 13.2 Å². The van der Waals surface area contributed by atoms with Crippen molar-refractivity contribution in [3.05, 3.63) is 49.6 Å². The molecule has 704 valence electrons. The maximum atomic E-state index is 14.6. The van der Waals surface area contributed by atoms with Crippen LogP contribution in [0.2, 0.25) is 0 Å². The Balaban J connectivity index is 6.62. The Morgan fingerprint density at radius 2 is 0.517 bits per heavy atom. The molecule has 0 aromatic rings. The lowest BCUT2D eigenvalue weighted by molar-refractivity contribution is -0.150. The van der Waals surface area contributed by atoms with Gasteiger partial charge in [-0.05, 0) is 63.5 Å². The molecule has 0 fully saturated rings. The van der Waals surface area contributed by atoms with E-state index in [1.54, 1.807) is 0 Å². The molecule has 2 unspecified atom stereocenters. The summed E-state index contributed by atoms with van der Waals surface area (Å²) in [5.74, 6) is -1.26. The molecule has 4 amide bonds. The molecule has 0 aliphatic carbocycles. The zero-order valence-corrected chi connectivity index (χ0v) is 80.2. The van der Waals surface area contributed by atoms with Crippen LogP contribution in [0.1, 0.15) is 478 Å². The van der Waals surface area contributed by atoms with Crippen LogP contribution in [0.5, 0.6) is 0 Å². The van der Waals surface area contributed by atoms with Crippen molar-refractivity contribution in [1.29, 1.82) is 0 Å².